The van der Waals surface area contributed by atoms with Gasteiger partial charge in [0.05, 0.1) is 5.92 Å². The molecule has 0 bridgehead atoms. The number of anilines is 1. The second-order valence-corrected chi connectivity index (χ2v) is 4.82. The van der Waals surface area contributed by atoms with Gasteiger partial charge in [0.15, 0.2) is 0 Å². The SMILES string of the molecule is CNCCN(C)c1ccc(C(CCC=O)C(N)=O)cc1. The summed E-state index contributed by atoms with van der Waals surface area (Å²) in [6.45, 7) is 1.81. The number of carbonyl (C=O) groups is 2. The summed E-state index contributed by atoms with van der Waals surface area (Å²) in [5.74, 6) is -0.778. The second-order valence-electron chi connectivity index (χ2n) is 4.82. The van der Waals surface area contributed by atoms with Gasteiger partial charge in [-0.1, -0.05) is 12.1 Å². The molecule has 3 N–H and O–H groups in total. The molecule has 20 heavy (non-hydrogen) atoms. The minimum atomic E-state index is -0.392. The van der Waals surface area contributed by atoms with Crippen LogP contribution in [0.1, 0.15) is 24.3 Å². The number of likely N-dealkylation sites (N-methyl/N-ethyl adjacent to an activating group) is 2. The van der Waals surface area contributed by atoms with Gasteiger partial charge >= 0.3 is 0 Å². The van der Waals surface area contributed by atoms with E-state index in [1.54, 1.807) is 0 Å². The molecule has 5 heteroatoms. The number of aldehydes is 1. The maximum Gasteiger partial charge on any atom is 0.224 e. The number of nitrogens with one attached hydrogen (secondary N) is 1. The van der Waals surface area contributed by atoms with E-state index in [1.165, 1.54) is 0 Å². The van der Waals surface area contributed by atoms with Crippen LogP contribution < -0.4 is 16.0 Å². The van der Waals surface area contributed by atoms with E-state index in [0.29, 0.717) is 12.8 Å². The van der Waals surface area contributed by atoms with Crippen molar-refractivity contribution in [2.45, 2.75) is 18.8 Å². The summed E-state index contributed by atoms with van der Waals surface area (Å²) in [4.78, 5) is 24.0. The predicted octanol–water partition coefficient (Wildman–Crippen LogP) is 0.890. The van der Waals surface area contributed by atoms with Crippen LogP contribution in [0.25, 0.3) is 0 Å². The lowest BCUT2D eigenvalue weighted by atomic mass is 9.93. The third kappa shape index (κ3) is 4.66. The zero-order chi connectivity index (χ0) is 15.0. The van der Waals surface area contributed by atoms with Crippen molar-refractivity contribution in [3.63, 3.8) is 0 Å². The normalized spacial score (nSPS) is 11.9. The quantitative estimate of drug-likeness (QED) is 0.657. The van der Waals surface area contributed by atoms with E-state index in [4.69, 9.17) is 5.73 Å². The first-order valence-corrected chi connectivity index (χ1v) is 6.78. The zero-order valence-corrected chi connectivity index (χ0v) is 12.1. The van der Waals surface area contributed by atoms with E-state index >= 15 is 0 Å². The molecule has 0 fully saturated rings. The highest BCUT2D eigenvalue weighted by Crippen LogP contribution is 2.23. The molecular weight excluding hydrogens is 254 g/mol. The number of benzene rings is 1. The van der Waals surface area contributed by atoms with Crippen LogP contribution in [0, 0.1) is 0 Å². The summed E-state index contributed by atoms with van der Waals surface area (Å²) in [7, 11) is 3.94. The van der Waals surface area contributed by atoms with Crippen molar-refractivity contribution in [1.29, 1.82) is 0 Å². The number of hydrogen-bond donors (Lipinski definition) is 2. The first-order valence-electron chi connectivity index (χ1n) is 6.78. The number of nitrogens with two attached hydrogens (primary N) is 1. The van der Waals surface area contributed by atoms with Crippen LogP contribution in [0.4, 0.5) is 5.69 Å². The van der Waals surface area contributed by atoms with E-state index in [2.05, 4.69) is 10.2 Å². The number of rotatable bonds is 9. The summed E-state index contributed by atoms with van der Waals surface area (Å²) >= 11 is 0. The van der Waals surface area contributed by atoms with Crippen molar-refractivity contribution in [3.8, 4) is 0 Å². The maximum absolute atomic E-state index is 11.5. The van der Waals surface area contributed by atoms with Crippen molar-refractivity contribution < 1.29 is 9.59 Å². The first kappa shape index (κ1) is 16.2. The Morgan fingerprint density at radius 2 is 2.05 bits per heavy atom. The highest BCUT2D eigenvalue weighted by Gasteiger charge is 2.17. The van der Waals surface area contributed by atoms with Crippen molar-refractivity contribution in [3.05, 3.63) is 29.8 Å². The monoisotopic (exact) mass is 277 g/mol. The predicted molar refractivity (Wildman–Crippen MR) is 80.9 cm³/mol. The fourth-order valence-electron chi connectivity index (χ4n) is 2.08. The number of primary amides is 1. The minimum absolute atomic E-state index is 0.345. The molecule has 0 aliphatic heterocycles. The Morgan fingerprint density at radius 1 is 1.40 bits per heavy atom. The van der Waals surface area contributed by atoms with Crippen LogP contribution in [-0.4, -0.2) is 39.4 Å². The first-order chi connectivity index (χ1) is 9.60. The molecule has 0 radical (unpaired) electrons. The van der Waals surface area contributed by atoms with Gasteiger partial charge in [-0.3, -0.25) is 4.79 Å². The van der Waals surface area contributed by atoms with Crippen LogP contribution in [0.2, 0.25) is 0 Å². The van der Waals surface area contributed by atoms with Gasteiger partial charge in [0.1, 0.15) is 6.29 Å². The Labute approximate surface area is 120 Å². The zero-order valence-electron chi connectivity index (χ0n) is 12.1. The lowest BCUT2D eigenvalue weighted by molar-refractivity contribution is -0.119. The molecule has 110 valence electrons. The number of hydrogen-bond acceptors (Lipinski definition) is 4. The third-order valence-corrected chi connectivity index (χ3v) is 3.35. The lowest BCUT2D eigenvalue weighted by Gasteiger charge is -2.20. The van der Waals surface area contributed by atoms with Gasteiger partial charge in [0.25, 0.3) is 0 Å². The van der Waals surface area contributed by atoms with E-state index in [-0.39, 0.29) is 5.91 Å². The molecule has 5 nitrogen and oxygen atoms in total. The van der Waals surface area contributed by atoms with Crippen molar-refractivity contribution in [1.82, 2.24) is 5.32 Å². The summed E-state index contributed by atoms with van der Waals surface area (Å²) < 4.78 is 0. The van der Waals surface area contributed by atoms with Gasteiger partial charge in [-0.05, 0) is 31.2 Å². The van der Waals surface area contributed by atoms with Gasteiger partial charge in [-0.2, -0.15) is 0 Å². The Balaban J connectivity index is 2.77. The van der Waals surface area contributed by atoms with Crippen molar-refractivity contribution >= 4 is 17.9 Å². The number of carbonyl (C=O) groups excluding carboxylic acids is 2. The fraction of sp³-hybridized carbons (Fsp3) is 0.467. The molecule has 1 rings (SSSR count). The molecule has 0 aliphatic rings. The van der Waals surface area contributed by atoms with Gasteiger partial charge in [-0.25, -0.2) is 0 Å². The molecule has 0 spiro atoms. The smallest absolute Gasteiger partial charge is 0.224 e. The van der Waals surface area contributed by atoms with E-state index in [9.17, 15) is 9.59 Å². The minimum Gasteiger partial charge on any atom is -0.373 e. The Kier molecular flexibility index (Phi) is 6.73. The Hall–Kier alpha value is -1.88. The van der Waals surface area contributed by atoms with Gasteiger partial charge in [0.2, 0.25) is 5.91 Å². The van der Waals surface area contributed by atoms with Crippen LogP contribution in [0.3, 0.4) is 0 Å². The summed E-state index contributed by atoms with van der Waals surface area (Å²) in [5.41, 5.74) is 7.35. The standard InChI is InChI=1S/C15H23N3O2/c1-17-9-10-18(2)13-7-5-12(6-8-13)14(15(16)20)4-3-11-19/h5-8,11,14,17H,3-4,9-10H2,1-2H3,(H2,16,20). The van der Waals surface area contributed by atoms with Gasteiger partial charge < -0.3 is 20.7 Å². The third-order valence-electron chi connectivity index (χ3n) is 3.35. The summed E-state index contributed by atoms with van der Waals surface area (Å²) in [6, 6.07) is 7.76. The maximum atomic E-state index is 11.5. The van der Waals surface area contributed by atoms with Crippen LogP contribution in [-0.2, 0) is 9.59 Å². The highest BCUT2D eigenvalue weighted by atomic mass is 16.1. The van der Waals surface area contributed by atoms with E-state index < -0.39 is 5.92 Å². The molecule has 0 saturated heterocycles. The molecule has 1 atom stereocenters. The molecule has 0 saturated carbocycles. The topological polar surface area (TPSA) is 75.4 Å². The Morgan fingerprint density at radius 3 is 2.55 bits per heavy atom. The van der Waals surface area contributed by atoms with Crippen molar-refractivity contribution in [2.24, 2.45) is 5.73 Å². The molecule has 1 unspecified atom stereocenters. The van der Waals surface area contributed by atoms with Crippen LogP contribution >= 0.6 is 0 Å². The van der Waals surface area contributed by atoms with E-state index in [0.717, 1.165) is 30.6 Å². The molecule has 1 amide bonds. The van der Waals surface area contributed by atoms with Gasteiger partial charge in [0, 0.05) is 32.2 Å². The molecule has 0 aromatic heterocycles. The average molecular weight is 277 g/mol. The summed E-state index contributed by atoms with van der Waals surface area (Å²) in [5, 5.41) is 3.10. The highest BCUT2D eigenvalue weighted by molar-refractivity contribution is 5.82. The number of amides is 1. The largest absolute Gasteiger partial charge is 0.373 e. The molecule has 0 aliphatic carbocycles. The Bertz CT molecular complexity index is 431. The van der Waals surface area contributed by atoms with E-state index in [1.807, 2.05) is 38.4 Å². The molecular formula is C15H23N3O2. The molecule has 1 aromatic rings. The fourth-order valence-corrected chi connectivity index (χ4v) is 2.08. The number of nitrogens with zero attached hydrogens (tertiary/aromatic N) is 1. The van der Waals surface area contributed by atoms with Crippen LogP contribution in [0.15, 0.2) is 24.3 Å². The lowest BCUT2D eigenvalue weighted by Crippen LogP contribution is -2.27. The molecule has 0 heterocycles. The summed E-state index contributed by atoms with van der Waals surface area (Å²) in [6.07, 6.45) is 1.63. The van der Waals surface area contributed by atoms with Gasteiger partial charge in [-0.15, -0.1) is 0 Å². The van der Waals surface area contributed by atoms with Crippen LogP contribution in [0.5, 0.6) is 0 Å². The molecule has 1 aromatic carbocycles. The van der Waals surface area contributed by atoms with Crippen molar-refractivity contribution in [2.75, 3.05) is 32.1 Å². The average Bonchev–Trinajstić information content (AvgIpc) is 2.45. The second kappa shape index (κ2) is 8.32.